The van der Waals surface area contributed by atoms with Gasteiger partial charge in [-0.2, -0.15) is 0 Å². The molecule has 12 aromatic rings. The summed E-state index contributed by atoms with van der Waals surface area (Å²) in [7, 11) is 0. The first-order chi connectivity index (χ1) is 30.3. The van der Waals surface area contributed by atoms with E-state index >= 15 is 0 Å². The third kappa shape index (κ3) is 5.82. The predicted molar refractivity (Wildman–Crippen MR) is 257 cm³/mol. The van der Waals surface area contributed by atoms with Crippen LogP contribution >= 0.6 is 0 Å². The number of nitrogens with zero attached hydrogens (tertiary/aromatic N) is 2. The van der Waals surface area contributed by atoms with Crippen molar-refractivity contribution in [1.82, 2.24) is 4.57 Å². The summed E-state index contributed by atoms with van der Waals surface area (Å²) < 4.78 is 8.65. The fourth-order valence-corrected chi connectivity index (χ4v) is 9.40. The molecule has 0 aliphatic carbocycles. The summed E-state index contributed by atoms with van der Waals surface area (Å²) in [4.78, 5) is 2.38. The van der Waals surface area contributed by atoms with Gasteiger partial charge >= 0.3 is 0 Å². The van der Waals surface area contributed by atoms with E-state index in [0.29, 0.717) is 0 Å². The van der Waals surface area contributed by atoms with Crippen LogP contribution < -0.4 is 4.90 Å². The highest BCUT2D eigenvalue weighted by Gasteiger charge is 2.19. The summed E-state index contributed by atoms with van der Waals surface area (Å²) in [5.74, 6) is 0. The Bertz CT molecular complexity index is 3530. The van der Waals surface area contributed by atoms with Crippen LogP contribution in [0.25, 0.3) is 93.6 Å². The molecule has 0 spiro atoms. The Morgan fingerprint density at radius 3 is 1.66 bits per heavy atom. The first-order valence-corrected chi connectivity index (χ1v) is 20.8. The highest BCUT2D eigenvalue weighted by atomic mass is 16.3. The van der Waals surface area contributed by atoms with Gasteiger partial charge in [0, 0.05) is 43.9 Å². The maximum Gasteiger partial charge on any atom is 0.136 e. The van der Waals surface area contributed by atoms with Crippen LogP contribution in [0, 0.1) is 0 Å². The van der Waals surface area contributed by atoms with Gasteiger partial charge in [0.2, 0.25) is 0 Å². The molecular weight excluding hydrogens is 741 g/mol. The lowest BCUT2D eigenvalue weighted by molar-refractivity contribution is 0.669. The van der Waals surface area contributed by atoms with Gasteiger partial charge in [-0.3, -0.25) is 0 Å². The van der Waals surface area contributed by atoms with E-state index in [1.807, 2.05) is 12.1 Å². The van der Waals surface area contributed by atoms with Gasteiger partial charge in [0.15, 0.2) is 0 Å². The fourth-order valence-electron chi connectivity index (χ4n) is 9.40. The Hall–Kier alpha value is -8.14. The molecule has 3 nitrogen and oxygen atoms in total. The molecule has 0 fully saturated rings. The molecule has 10 aromatic carbocycles. The van der Waals surface area contributed by atoms with Gasteiger partial charge in [-0.25, -0.2) is 0 Å². The maximum absolute atomic E-state index is 6.24. The second-order valence-corrected chi connectivity index (χ2v) is 15.7. The molecule has 0 saturated carbocycles. The summed E-state index contributed by atoms with van der Waals surface area (Å²) in [6.07, 6.45) is 0. The van der Waals surface area contributed by atoms with Gasteiger partial charge in [0.25, 0.3) is 0 Å². The normalized spacial score (nSPS) is 11.6. The lowest BCUT2D eigenvalue weighted by atomic mass is 9.95. The molecular formula is C58H38N2O. The summed E-state index contributed by atoms with van der Waals surface area (Å²) in [6.45, 7) is 0. The van der Waals surface area contributed by atoms with Crippen LogP contribution in [-0.4, -0.2) is 4.57 Å². The van der Waals surface area contributed by atoms with E-state index in [2.05, 4.69) is 228 Å². The minimum Gasteiger partial charge on any atom is -0.456 e. The molecule has 0 saturated heterocycles. The van der Waals surface area contributed by atoms with Crippen molar-refractivity contribution < 1.29 is 4.42 Å². The van der Waals surface area contributed by atoms with Crippen LogP contribution in [0.15, 0.2) is 235 Å². The largest absolute Gasteiger partial charge is 0.456 e. The Morgan fingerprint density at radius 1 is 0.344 bits per heavy atom. The smallest absolute Gasteiger partial charge is 0.136 e. The van der Waals surface area contributed by atoms with Gasteiger partial charge < -0.3 is 13.9 Å². The fraction of sp³-hybridized carbons (Fsp3) is 0. The number of aromatic nitrogens is 1. The standard InChI is InChI=1S/C58H38N2O/c1-2-18-46-40(14-1)15-12-27-52(46)59(44-34-30-39(31-35-44)42-16-11-17-43(38-42)48-23-13-29-57-58(48)51-22-6-10-28-56(51)61-57)45-36-32-41(33-37-45)47-19-3-7-24-53(47)60-54-25-8-4-20-49(54)50-21-5-9-26-55(50)60/h1-38H. The van der Waals surface area contributed by atoms with Crippen molar-refractivity contribution >= 4 is 71.6 Å². The van der Waals surface area contributed by atoms with E-state index in [-0.39, 0.29) is 0 Å². The molecule has 0 aliphatic rings. The summed E-state index contributed by atoms with van der Waals surface area (Å²) in [5, 5.41) is 7.20. The van der Waals surface area contributed by atoms with Gasteiger partial charge in [0.05, 0.1) is 22.4 Å². The first-order valence-electron chi connectivity index (χ1n) is 20.8. The van der Waals surface area contributed by atoms with Crippen molar-refractivity contribution in [2.24, 2.45) is 0 Å². The highest BCUT2D eigenvalue weighted by molar-refractivity contribution is 6.13. The molecule has 61 heavy (non-hydrogen) atoms. The number of fused-ring (bicyclic) bond motifs is 7. The van der Waals surface area contributed by atoms with Crippen LogP contribution in [0.2, 0.25) is 0 Å². The number of furan rings is 1. The minimum absolute atomic E-state index is 0.905. The number of benzene rings is 10. The molecule has 2 aromatic heterocycles. The van der Waals surface area contributed by atoms with Crippen LogP contribution in [0.5, 0.6) is 0 Å². The lowest BCUT2D eigenvalue weighted by Gasteiger charge is -2.27. The van der Waals surface area contributed by atoms with Crippen molar-refractivity contribution in [3.63, 3.8) is 0 Å². The molecule has 0 bridgehead atoms. The molecule has 0 aliphatic heterocycles. The van der Waals surface area contributed by atoms with Crippen molar-refractivity contribution in [3.05, 3.63) is 231 Å². The van der Waals surface area contributed by atoms with Crippen molar-refractivity contribution in [3.8, 4) is 39.1 Å². The van der Waals surface area contributed by atoms with Gasteiger partial charge in [0.1, 0.15) is 11.2 Å². The molecule has 0 radical (unpaired) electrons. The third-order valence-electron chi connectivity index (χ3n) is 12.2. The predicted octanol–water partition coefficient (Wildman–Crippen LogP) is 16.3. The summed E-state index contributed by atoms with van der Waals surface area (Å²) >= 11 is 0. The molecule has 3 heteroatoms. The zero-order valence-electron chi connectivity index (χ0n) is 33.2. The summed E-state index contributed by atoms with van der Waals surface area (Å²) in [5.41, 5.74) is 15.7. The zero-order valence-corrected chi connectivity index (χ0v) is 33.2. The molecule has 2 heterocycles. The third-order valence-corrected chi connectivity index (χ3v) is 12.2. The van der Waals surface area contributed by atoms with Gasteiger partial charge in [-0.05, 0) is 99.9 Å². The van der Waals surface area contributed by atoms with Crippen LogP contribution in [0.3, 0.4) is 0 Å². The number of anilines is 3. The summed E-state index contributed by atoms with van der Waals surface area (Å²) in [6, 6.07) is 82.9. The second kappa shape index (κ2) is 14.3. The molecule has 0 unspecified atom stereocenters. The molecule has 0 N–H and O–H groups in total. The van der Waals surface area contributed by atoms with Crippen molar-refractivity contribution in [2.45, 2.75) is 0 Å². The molecule has 0 amide bonds. The van der Waals surface area contributed by atoms with E-state index in [4.69, 9.17) is 4.42 Å². The molecule has 286 valence electrons. The number of hydrogen-bond acceptors (Lipinski definition) is 2. The van der Waals surface area contributed by atoms with E-state index in [0.717, 1.165) is 66.9 Å². The highest BCUT2D eigenvalue weighted by Crippen LogP contribution is 2.43. The van der Waals surface area contributed by atoms with Gasteiger partial charge in [-0.15, -0.1) is 0 Å². The van der Waals surface area contributed by atoms with Crippen LogP contribution in [-0.2, 0) is 0 Å². The molecule has 12 rings (SSSR count). The van der Waals surface area contributed by atoms with Crippen LogP contribution in [0.1, 0.15) is 0 Å². The van der Waals surface area contributed by atoms with Gasteiger partial charge in [-0.1, -0.05) is 164 Å². The number of hydrogen-bond donors (Lipinski definition) is 0. The zero-order chi connectivity index (χ0) is 40.3. The van der Waals surface area contributed by atoms with Crippen molar-refractivity contribution in [1.29, 1.82) is 0 Å². The lowest BCUT2D eigenvalue weighted by Crippen LogP contribution is -2.10. The van der Waals surface area contributed by atoms with Crippen molar-refractivity contribution in [2.75, 3.05) is 4.90 Å². The Kier molecular flexibility index (Phi) is 8.17. The average molecular weight is 779 g/mol. The number of para-hydroxylation sites is 4. The molecule has 0 atom stereocenters. The van der Waals surface area contributed by atoms with E-state index in [9.17, 15) is 0 Å². The van der Waals surface area contributed by atoms with E-state index < -0.39 is 0 Å². The number of rotatable bonds is 7. The minimum atomic E-state index is 0.905. The van der Waals surface area contributed by atoms with E-state index in [1.54, 1.807) is 0 Å². The topological polar surface area (TPSA) is 21.3 Å². The Balaban J connectivity index is 0.942. The van der Waals surface area contributed by atoms with Crippen LogP contribution in [0.4, 0.5) is 17.1 Å². The Morgan fingerprint density at radius 2 is 0.885 bits per heavy atom. The monoisotopic (exact) mass is 778 g/mol. The Labute approximate surface area is 353 Å². The first kappa shape index (κ1) is 34.9. The average Bonchev–Trinajstić information content (AvgIpc) is 3.88. The van der Waals surface area contributed by atoms with E-state index in [1.165, 1.54) is 43.7 Å². The second-order valence-electron chi connectivity index (χ2n) is 15.7. The quantitative estimate of drug-likeness (QED) is 0.161. The maximum atomic E-state index is 6.24. The SMILES string of the molecule is c1cc(-c2ccc(N(c3ccc(-c4ccccc4-n4c5ccccc5c5ccccc54)cc3)c3cccc4ccccc34)cc2)cc(-c2cccc3oc4ccccc4c23)c1.